The maximum absolute atomic E-state index is 12.1. The van der Waals surface area contributed by atoms with Crippen LogP contribution in [-0.2, 0) is 0 Å². The molecule has 20 heavy (non-hydrogen) atoms. The second-order valence-corrected chi connectivity index (χ2v) is 5.53. The van der Waals surface area contributed by atoms with Crippen LogP contribution in [0.4, 0.5) is 0 Å². The maximum atomic E-state index is 12.1. The van der Waals surface area contributed by atoms with Crippen molar-refractivity contribution in [1.29, 1.82) is 0 Å². The minimum absolute atomic E-state index is 0.119. The fraction of sp³-hybridized carbons (Fsp3) is 0.769. The van der Waals surface area contributed by atoms with Crippen LogP contribution in [0.15, 0.2) is 6.20 Å². The number of likely N-dealkylation sites (tertiary alicyclic amines) is 1. The van der Waals surface area contributed by atoms with E-state index in [1.54, 1.807) is 10.9 Å². The van der Waals surface area contributed by atoms with E-state index in [9.17, 15) is 4.79 Å². The first-order valence-corrected chi connectivity index (χ1v) is 7.42. The second-order valence-electron chi connectivity index (χ2n) is 5.53. The van der Waals surface area contributed by atoms with Gasteiger partial charge in [-0.25, -0.2) is 4.68 Å². The van der Waals surface area contributed by atoms with Gasteiger partial charge in [0.15, 0.2) is 5.69 Å². The summed E-state index contributed by atoms with van der Waals surface area (Å²) < 4.78 is 1.78. The molecule has 2 aliphatic heterocycles. The minimum Gasteiger partial charge on any atom is -0.349 e. The van der Waals surface area contributed by atoms with E-state index in [0.717, 1.165) is 32.6 Å². The average Bonchev–Trinajstić information content (AvgIpc) is 3.02. The maximum Gasteiger partial charge on any atom is 0.273 e. The Balaban J connectivity index is 1.52. The molecule has 0 radical (unpaired) electrons. The number of likely N-dealkylation sites (N-methyl/N-ethyl adjacent to an activating group) is 1. The number of hydrogen-bond donors (Lipinski definition) is 2. The molecule has 7 heteroatoms. The third-order valence-electron chi connectivity index (χ3n) is 4.28. The van der Waals surface area contributed by atoms with Crippen molar-refractivity contribution < 1.29 is 4.79 Å². The van der Waals surface area contributed by atoms with Gasteiger partial charge in [-0.2, -0.15) is 0 Å². The molecule has 1 unspecified atom stereocenters. The van der Waals surface area contributed by atoms with Crippen LogP contribution in [0.25, 0.3) is 0 Å². The number of rotatable bonds is 5. The summed E-state index contributed by atoms with van der Waals surface area (Å²) in [6, 6.07) is 0.810. The molecule has 7 nitrogen and oxygen atoms in total. The number of hydrogen-bond acceptors (Lipinski definition) is 5. The quantitative estimate of drug-likeness (QED) is 0.769. The van der Waals surface area contributed by atoms with Gasteiger partial charge in [0.2, 0.25) is 0 Å². The highest BCUT2D eigenvalue weighted by atomic mass is 16.2. The van der Waals surface area contributed by atoms with Crippen LogP contribution in [0.3, 0.4) is 0 Å². The highest BCUT2D eigenvalue weighted by Gasteiger charge is 2.25. The molecule has 0 spiro atoms. The van der Waals surface area contributed by atoms with Crippen LogP contribution in [0, 0.1) is 0 Å². The summed E-state index contributed by atoms with van der Waals surface area (Å²) in [5, 5.41) is 14.1. The summed E-state index contributed by atoms with van der Waals surface area (Å²) in [5.74, 6) is -0.119. The summed E-state index contributed by atoms with van der Waals surface area (Å²) in [7, 11) is 0. The molecule has 1 aromatic rings. The molecule has 0 saturated carbocycles. The van der Waals surface area contributed by atoms with Gasteiger partial charge in [-0.3, -0.25) is 9.69 Å². The van der Waals surface area contributed by atoms with Crippen LogP contribution in [0.5, 0.6) is 0 Å². The molecule has 1 amide bonds. The van der Waals surface area contributed by atoms with E-state index in [4.69, 9.17) is 0 Å². The first kappa shape index (κ1) is 13.5. The number of nitrogens with one attached hydrogen (secondary N) is 2. The van der Waals surface area contributed by atoms with E-state index in [2.05, 4.69) is 32.8 Å². The largest absolute Gasteiger partial charge is 0.349 e. The van der Waals surface area contributed by atoms with E-state index >= 15 is 0 Å². The van der Waals surface area contributed by atoms with Gasteiger partial charge >= 0.3 is 0 Å². The fourth-order valence-electron chi connectivity index (χ4n) is 2.86. The van der Waals surface area contributed by atoms with E-state index in [-0.39, 0.29) is 5.91 Å². The van der Waals surface area contributed by atoms with Crippen molar-refractivity contribution in [3.63, 3.8) is 0 Å². The predicted molar refractivity (Wildman–Crippen MR) is 74.5 cm³/mol. The normalized spacial score (nSPS) is 23.8. The molecule has 2 fully saturated rings. The number of aromatic nitrogens is 3. The molecule has 3 rings (SSSR count). The van der Waals surface area contributed by atoms with Crippen molar-refractivity contribution in [1.82, 2.24) is 30.5 Å². The summed E-state index contributed by atoms with van der Waals surface area (Å²) in [6.45, 7) is 6.85. The second kappa shape index (κ2) is 5.88. The summed E-state index contributed by atoms with van der Waals surface area (Å²) in [6.07, 6.45) is 4.13. The standard InChI is InChI=1S/C13H22N6O/c1-2-18-5-3-4-10(18)8-15-13(20)12-9-19(17-16-12)11-6-14-7-11/h9-11,14H,2-8H2,1H3,(H,15,20). The number of amides is 1. The van der Waals surface area contributed by atoms with E-state index in [1.807, 2.05) is 0 Å². The Labute approximate surface area is 118 Å². The van der Waals surface area contributed by atoms with Crippen LogP contribution < -0.4 is 10.6 Å². The monoisotopic (exact) mass is 278 g/mol. The van der Waals surface area contributed by atoms with Gasteiger partial charge < -0.3 is 10.6 Å². The van der Waals surface area contributed by atoms with Gasteiger partial charge in [0.25, 0.3) is 5.91 Å². The number of carbonyl (C=O) groups excluding carboxylic acids is 1. The Kier molecular flexibility index (Phi) is 3.98. The van der Waals surface area contributed by atoms with Gasteiger partial charge in [0, 0.05) is 25.7 Å². The zero-order valence-electron chi connectivity index (χ0n) is 11.9. The van der Waals surface area contributed by atoms with Gasteiger partial charge in [0.1, 0.15) is 0 Å². The van der Waals surface area contributed by atoms with Crippen molar-refractivity contribution in [3.8, 4) is 0 Å². The van der Waals surface area contributed by atoms with Crippen LogP contribution in [0.1, 0.15) is 36.3 Å². The van der Waals surface area contributed by atoms with Gasteiger partial charge in [0.05, 0.1) is 12.2 Å². The van der Waals surface area contributed by atoms with E-state index < -0.39 is 0 Å². The Morgan fingerprint density at radius 1 is 1.55 bits per heavy atom. The molecule has 0 aromatic carbocycles. The number of nitrogens with zero attached hydrogens (tertiary/aromatic N) is 4. The molecule has 1 aromatic heterocycles. The number of carbonyl (C=O) groups is 1. The Morgan fingerprint density at radius 3 is 3.10 bits per heavy atom. The predicted octanol–water partition coefficient (Wildman–Crippen LogP) is -0.363. The lowest BCUT2D eigenvalue weighted by atomic mass is 10.2. The lowest BCUT2D eigenvalue weighted by molar-refractivity contribution is 0.0936. The van der Waals surface area contributed by atoms with Crippen molar-refractivity contribution in [2.45, 2.75) is 31.8 Å². The van der Waals surface area contributed by atoms with Gasteiger partial charge in [-0.1, -0.05) is 12.1 Å². The van der Waals surface area contributed by atoms with Crippen molar-refractivity contribution in [2.75, 3.05) is 32.7 Å². The summed E-state index contributed by atoms with van der Waals surface area (Å²) >= 11 is 0. The van der Waals surface area contributed by atoms with Crippen molar-refractivity contribution in [3.05, 3.63) is 11.9 Å². The SMILES string of the molecule is CCN1CCCC1CNC(=O)c1cn(C2CNC2)nn1. The molecule has 0 aliphatic carbocycles. The topological polar surface area (TPSA) is 75.1 Å². The lowest BCUT2D eigenvalue weighted by Gasteiger charge is -2.26. The van der Waals surface area contributed by atoms with Gasteiger partial charge in [-0.15, -0.1) is 5.10 Å². The highest BCUT2D eigenvalue weighted by Crippen LogP contribution is 2.15. The molecular formula is C13H22N6O. The average molecular weight is 278 g/mol. The van der Waals surface area contributed by atoms with E-state index in [1.165, 1.54) is 6.42 Å². The minimum atomic E-state index is -0.119. The van der Waals surface area contributed by atoms with Crippen LogP contribution in [-0.4, -0.2) is 64.6 Å². The molecule has 3 heterocycles. The summed E-state index contributed by atoms with van der Waals surface area (Å²) in [4.78, 5) is 14.5. The smallest absolute Gasteiger partial charge is 0.273 e. The Bertz CT molecular complexity index is 469. The molecular weight excluding hydrogens is 256 g/mol. The van der Waals surface area contributed by atoms with Crippen molar-refractivity contribution >= 4 is 5.91 Å². The Hall–Kier alpha value is -1.47. The third kappa shape index (κ3) is 2.69. The van der Waals surface area contributed by atoms with Crippen LogP contribution in [0.2, 0.25) is 0 Å². The molecule has 2 saturated heterocycles. The molecule has 0 bridgehead atoms. The molecule has 2 N–H and O–H groups in total. The molecule has 2 aliphatic rings. The van der Waals surface area contributed by atoms with Crippen molar-refractivity contribution in [2.24, 2.45) is 0 Å². The molecule has 1 atom stereocenters. The Morgan fingerprint density at radius 2 is 2.40 bits per heavy atom. The molecule has 110 valence electrons. The highest BCUT2D eigenvalue weighted by molar-refractivity contribution is 5.91. The lowest BCUT2D eigenvalue weighted by Crippen LogP contribution is -2.43. The first-order chi connectivity index (χ1) is 9.78. The van der Waals surface area contributed by atoms with Gasteiger partial charge in [-0.05, 0) is 25.9 Å². The fourth-order valence-corrected chi connectivity index (χ4v) is 2.86. The van der Waals surface area contributed by atoms with Crippen LogP contribution >= 0.6 is 0 Å². The van der Waals surface area contributed by atoms with E-state index in [0.29, 0.717) is 24.3 Å². The third-order valence-corrected chi connectivity index (χ3v) is 4.28. The zero-order chi connectivity index (χ0) is 13.9. The zero-order valence-corrected chi connectivity index (χ0v) is 11.9. The summed E-state index contributed by atoms with van der Waals surface area (Å²) in [5.41, 5.74) is 0.415. The first-order valence-electron chi connectivity index (χ1n) is 7.42.